The van der Waals surface area contributed by atoms with Gasteiger partial charge in [-0.05, 0) is 96.4 Å². The number of benzene rings is 1. The summed E-state index contributed by atoms with van der Waals surface area (Å²) in [6.45, 7) is 8.72. The summed E-state index contributed by atoms with van der Waals surface area (Å²) < 4.78 is 34.6. The Labute approximate surface area is 292 Å². The molecule has 3 atom stereocenters. The summed E-state index contributed by atoms with van der Waals surface area (Å²) in [4.78, 5) is 22.6. The normalized spacial score (nSPS) is 23.1. The number of halogens is 1. The van der Waals surface area contributed by atoms with E-state index < -0.39 is 10.0 Å². The number of hydrogen-bond donors (Lipinski definition) is 2. The van der Waals surface area contributed by atoms with Gasteiger partial charge in [-0.15, -0.1) is 11.3 Å². The monoisotopic (exact) mass is 711 g/mol. The highest BCUT2D eigenvalue weighted by molar-refractivity contribution is 7.89. The van der Waals surface area contributed by atoms with E-state index in [1.165, 1.54) is 32.1 Å². The molecule has 258 valence electrons. The highest BCUT2D eigenvalue weighted by Gasteiger charge is 2.55. The molecule has 2 aromatic heterocycles. The number of nitrogens with one attached hydrogen (secondary N) is 2. The number of fused-ring (bicyclic) bond motifs is 2. The molecular weight excluding hydrogens is 666 g/mol. The number of nitrogens with zero attached hydrogens (tertiary/aromatic N) is 3. The Kier molecular flexibility index (Phi) is 8.96. The maximum absolute atomic E-state index is 14.0. The smallest absolute Gasteiger partial charge is 0.257 e. The predicted octanol–water partition coefficient (Wildman–Crippen LogP) is 6.32. The van der Waals surface area contributed by atoms with Crippen molar-refractivity contribution < 1.29 is 13.2 Å². The minimum absolute atomic E-state index is 0.0202. The summed E-state index contributed by atoms with van der Waals surface area (Å²) in [7, 11) is -1.17. The van der Waals surface area contributed by atoms with Gasteiger partial charge in [-0.25, -0.2) is 13.4 Å². The second-order valence-corrected chi connectivity index (χ2v) is 17.5. The first kappa shape index (κ1) is 33.6. The number of thiophene rings is 1. The fourth-order valence-corrected chi connectivity index (χ4v) is 10.3. The molecule has 3 aliphatic carbocycles. The van der Waals surface area contributed by atoms with Gasteiger partial charge in [0.15, 0.2) is 0 Å². The first-order valence-corrected chi connectivity index (χ1v) is 20.3. The summed E-state index contributed by atoms with van der Waals surface area (Å²) >= 11 is 8.11. The van der Waals surface area contributed by atoms with Crippen LogP contribution in [-0.2, 0) is 29.4 Å². The Balaban J connectivity index is 1.09. The lowest BCUT2D eigenvalue weighted by atomic mass is 9.76. The molecule has 1 aromatic carbocycles. The second-order valence-electron chi connectivity index (χ2n) is 14.4. The third kappa shape index (κ3) is 6.32. The van der Waals surface area contributed by atoms with Gasteiger partial charge in [0.2, 0.25) is 10.0 Å². The average Bonchev–Trinajstić information content (AvgIpc) is 3.67. The van der Waals surface area contributed by atoms with Crippen molar-refractivity contribution >= 4 is 44.3 Å². The fraction of sp³-hybridized carbons (Fsp3) is 0.556. The predicted molar refractivity (Wildman–Crippen MR) is 194 cm³/mol. The SMILES string of the molecule is C=C(NS(C)(=O)=O)c1csc2c1NC(C)CC2c1cc(Cl)ccc1OCCn1c(C)nc2c(c1=O)C[C@@H](N(C)C1(C3CCC3)CC1)CC2. The van der Waals surface area contributed by atoms with Gasteiger partial charge in [0, 0.05) is 55.5 Å². The Morgan fingerprint density at radius 1 is 1.29 bits per heavy atom. The summed E-state index contributed by atoms with van der Waals surface area (Å²) in [6.07, 6.45) is 11.2. The van der Waals surface area contributed by atoms with Crippen molar-refractivity contribution in [2.75, 3.05) is 25.2 Å². The van der Waals surface area contributed by atoms with Gasteiger partial charge in [-0.3, -0.25) is 19.0 Å². The summed E-state index contributed by atoms with van der Waals surface area (Å²) in [5, 5.41) is 6.09. The van der Waals surface area contributed by atoms with Crippen LogP contribution in [0.1, 0.15) is 90.9 Å². The van der Waals surface area contributed by atoms with Crippen LogP contribution in [0.4, 0.5) is 5.69 Å². The van der Waals surface area contributed by atoms with E-state index in [2.05, 4.69) is 35.5 Å². The number of hydrogen-bond acceptors (Lipinski definition) is 8. The molecular formula is C36H46ClN5O4S2. The van der Waals surface area contributed by atoms with Crippen LogP contribution in [0.5, 0.6) is 5.75 Å². The van der Waals surface area contributed by atoms with Gasteiger partial charge >= 0.3 is 0 Å². The zero-order valence-electron chi connectivity index (χ0n) is 28.3. The standard InChI is InChI=1S/C36H46ClN5O4S2/c1-21-17-28(34-33(38-21)30(20-47-34)22(2)40-48(5,44)45)27-18-25(37)9-12-32(27)46-16-15-42-23(3)39-31-11-10-26(19-29(31)35(42)43)41(4)36(13-14-36)24-7-6-8-24/h9,12,18,20-21,24,26,28,38,40H,2,6-8,10-11,13-17,19H2,1,3-5H3/t21?,26-,28?/m0/s1. The molecule has 2 fully saturated rings. The fourth-order valence-electron chi connectivity index (χ4n) is 8.37. The molecule has 0 saturated heterocycles. The number of aryl methyl sites for hydroxylation is 2. The number of likely N-dealkylation sites (N-methyl/N-ethyl adjacent to an activating group) is 1. The van der Waals surface area contributed by atoms with Crippen molar-refractivity contribution in [3.8, 4) is 5.75 Å². The third-order valence-electron chi connectivity index (χ3n) is 11.2. The van der Waals surface area contributed by atoms with Crippen LogP contribution in [0.2, 0.25) is 5.02 Å². The Morgan fingerprint density at radius 3 is 2.75 bits per heavy atom. The quantitative estimate of drug-likeness (QED) is 0.240. The maximum atomic E-state index is 14.0. The Hall–Kier alpha value is -2.86. The Bertz CT molecular complexity index is 1910. The number of sulfonamides is 1. The zero-order valence-corrected chi connectivity index (χ0v) is 30.7. The first-order chi connectivity index (χ1) is 22.8. The molecule has 3 aromatic rings. The summed E-state index contributed by atoms with van der Waals surface area (Å²) in [5.74, 6) is 2.25. The minimum atomic E-state index is -3.47. The lowest BCUT2D eigenvalue weighted by molar-refractivity contribution is 0.0561. The number of aromatic nitrogens is 2. The van der Waals surface area contributed by atoms with Crippen LogP contribution >= 0.6 is 22.9 Å². The number of ether oxygens (including phenoxy) is 1. The van der Waals surface area contributed by atoms with Crippen molar-refractivity contribution in [2.45, 2.75) is 102 Å². The summed E-state index contributed by atoms with van der Waals surface area (Å²) in [5.41, 5.74) is 5.18. The molecule has 2 unspecified atom stereocenters. The van der Waals surface area contributed by atoms with Gasteiger partial charge in [0.05, 0.1) is 29.9 Å². The van der Waals surface area contributed by atoms with Crippen molar-refractivity contribution in [3.05, 3.63) is 78.6 Å². The van der Waals surface area contributed by atoms with Gasteiger partial charge in [-0.1, -0.05) is 24.6 Å². The zero-order chi connectivity index (χ0) is 34.0. The average molecular weight is 712 g/mol. The largest absolute Gasteiger partial charge is 0.491 e. The molecule has 0 bridgehead atoms. The van der Waals surface area contributed by atoms with Crippen LogP contribution in [0.15, 0.2) is 35.0 Å². The van der Waals surface area contributed by atoms with E-state index in [1.54, 1.807) is 15.9 Å². The molecule has 12 heteroatoms. The van der Waals surface area contributed by atoms with E-state index in [1.807, 2.05) is 30.5 Å². The van der Waals surface area contributed by atoms with E-state index in [0.29, 0.717) is 35.5 Å². The molecule has 1 aliphatic heterocycles. The van der Waals surface area contributed by atoms with Crippen LogP contribution in [0.25, 0.3) is 5.70 Å². The minimum Gasteiger partial charge on any atom is -0.491 e. The molecule has 4 aliphatic rings. The van der Waals surface area contributed by atoms with Gasteiger partial charge in [-0.2, -0.15) is 0 Å². The Morgan fingerprint density at radius 2 is 2.06 bits per heavy atom. The van der Waals surface area contributed by atoms with Gasteiger partial charge in [0.25, 0.3) is 5.56 Å². The molecule has 48 heavy (non-hydrogen) atoms. The maximum Gasteiger partial charge on any atom is 0.257 e. The lowest BCUT2D eigenvalue weighted by Gasteiger charge is -2.45. The summed E-state index contributed by atoms with van der Waals surface area (Å²) in [6, 6.07) is 6.18. The van der Waals surface area contributed by atoms with Crippen LogP contribution < -0.4 is 20.3 Å². The molecule has 0 amide bonds. The third-order valence-corrected chi connectivity index (χ3v) is 13.2. The number of anilines is 1. The van der Waals surface area contributed by atoms with E-state index in [4.69, 9.17) is 21.3 Å². The van der Waals surface area contributed by atoms with Crippen molar-refractivity contribution in [1.82, 2.24) is 19.2 Å². The van der Waals surface area contributed by atoms with Crippen LogP contribution in [0, 0.1) is 12.8 Å². The molecule has 3 heterocycles. The van der Waals surface area contributed by atoms with Crippen molar-refractivity contribution in [3.63, 3.8) is 0 Å². The molecule has 2 N–H and O–H groups in total. The van der Waals surface area contributed by atoms with Crippen LogP contribution in [-0.4, -0.2) is 60.4 Å². The highest BCUT2D eigenvalue weighted by Crippen LogP contribution is 2.55. The van der Waals surface area contributed by atoms with E-state index in [0.717, 1.165) is 82.4 Å². The van der Waals surface area contributed by atoms with Gasteiger partial charge in [0.1, 0.15) is 18.2 Å². The van der Waals surface area contributed by atoms with E-state index in [9.17, 15) is 13.2 Å². The molecule has 9 nitrogen and oxygen atoms in total. The molecule has 0 spiro atoms. The highest BCUT2D eigenvalue weighted by atomic mass is 35.5. The van der Waals surface area contributed by atoms with Crippen LogP contribution in [0.3, 0.4) is 0 Å². The van der Waals surface area contributed by atoms with Crippen molar-refractivity contribution in [2.24, 2.45) is 5.92 Å². The lowest BCUT2D eigenvalue weighted by Crippen LogP contribution is -2.51. The second kappa shape index (κ2) is 12.8. The van der Waals surface area contributed by atoms with Crippen molar-refractivity contribution in [1.29, 1.82) is 0 Å². The van der Waals surface area contributed by atoms with Gasteiger partial charge < -0.3 is 10.1 Å². The molecule has 7 rings (SSSR count). The first-order valence-electron chi connectivity index (χ1n) is 17.1. The molecule has 2 saturated carbocycles. The van der Waals surface area contributed by atoms with E-state index >= 15 is 0 Å². The number of rotatable bonds is 11. The molecule has 0 radical (unpaired) electrons. The van der Waals surface area contributed by atoms with E-state index in [-0.39, 0.29) is 17.5 Å². The topological polar surface area (TPSA) is 106 Å².